The summed E-state index contributed by atoms with van der Waals surface area (Å²) >= 11 is 9.94. The van der Waals surface area contributed by atoms with Crippen molar-refractivity contribution in [2.45, 2.75) is 13.8 Å². The van der Waals surface area contributed by atoms with E-state index < -0.39 is 0 Å². The van der Waals surface area contributed by atoms with E-state index in [4.69, 9.17) is 16.6 Å². The number of rotatable bonds is 6. The summed E-state index contributed by atoms with van der Waals surface area (Å²) in [7, 11) is 4.17. The molecular weight excluding hydrogens is 414 g/mol. The lowest BCUT2D eigenvalue weighted by Gasteiger charge is -2.28. The molecule has 3 rings (SSSR count). The van der Waals surface area contributed by atoms with E-state index in [1.165, 1.54) is 0 Å². The number of hydrogen-bond acceptors (Lipinski definition) is 4. The number of nitrogens with one attached hydrogen (secondary N) is 1. The van der Waals surface area contributed by atoms with Crippen molar-refractivity contribution in [1.82, 2.24) is 19.3 Å². The Morgan fingerprint density at radius 2 is 2.00 bits per heavy atom. The van der Waals surface area contributed by atoms with Gasteiger partial charge in [-0.3, -0.25) is 4.40 Å². The highest BCUT2D eigenvalue weighted by Gasteiger charge is 2.20. The lowest BCUT2D eigenvalue weighted by Crippen LogP contribution is -2.34. The Morgan fingerprint density at radius 1 is 1.27 bits per heavy atom. The van der Waals surface area contributed by atoms with Crippen LogP contribution in [0.1, 0.15) is 13.8 Å². The van der Waals surface area contributed by atoms with Gasteiger partial charge in [0.1, 0.15) is 4.60 Å². The second-order valence-electron chi connectivity index (χ2n) is 7.48. The predicted molar refractivity (Wildman–Crippen MR) is 112 cm³/mol. The molecule has 0 aliphatic heterocycles. The van der Waals surface area contributed by atoms with Gasteiger partial charge in [-0.15, -0.1) is 0 Å². The lowest BCUT2D eigenvalue weighted by molar-refractivity contribution is 0.254. The lowest BCUT2D eigenvalue weighted by atomic mass is 9.93. The zero-order chi connectivity index (χ0) is 18.9. The summed E-state index contributed by atoms with van der Waals surface area (Å²) in [5, 5.41) is 4.17. The van der Waals surface area contributed by atoms with E-state index in [-0.39, 0.29) is 5.41 Å². The Hall–Kier alpha value is -1.63. The maximum absolute atomic E-state index is 6.38. The molecule has 2 aromatic heterocycles. The van der Waals surface area contributed by atoms with Crippen molar-refractivity contribution in [2.75, 3.05) is 32.5 Å². The molecule has 26 heavy (non-hydrogen) atoms. The minimum atomic E-state index is 0.0897. The Labute approximate surface area is 167 Å². The first-order chi connectivity index (χ1) is 12.3. The fourth-order valence-corrected chi connectivity index (χ4v) is 3.72. The molecule has 0 unspecified atom stereocenters. The molecule has 0 radical (unpaired) electrons. The molecule has 1 N–H and O–H groups in total. The number of aromatic nitrogens is 3. The van der Waals surface area contributed by atoms with Crippen LogP contribution in [-0.2, 0) is 0 Å². The van der Waals surface area contributed by atoms with Crippen molar-refractivity contribution in [3.8, 4) is 11.3 Å². The van der Waals surface area contributed by atoms with Crippen LogP contribution in [0.25, 0.3) is 16.9 Å². The fraction of sp³-hybridized carbons (Fsp3) is 0.368. The first-order valence-corrected chi connectivity index (χ1v) is 9.61. The van der Waals surface area contributed by atoms with E-state index in [0.29, 0.717) is 5.02 Å². The van der Waals surface area contributed by atoms with Crippen LogP contribution in [0.5, 0.6) is 0 Å². The van der Waals surface area contributed by atoms with Gasteiger partial charge in [0.25, 0.3) is 0 Å². The van der Waals surface area contributed by atoms with E-state index in [1.54, 1.807) is 6.20 Å². The van der Waals surface area contributed by atoms with E-state index in [2.05, 4.69) is 59.1 Å². The average molecular weight is 437 g/mol. The van der Waals surface area contributed by atoms with Crippen molar-refractivity contribution >= 4 is 39.0 Å². The monoisotopic (exact) mass is 435 g/mol. The van der Waals surface area contributed by atoms with Gasteiger partial charge in [0.15, 0.2) is 11.5 Å². The Balaban J connectivity index is 2.00. The molecule has 0 aliphatic rings. The molecule has 0 atom stereocenters. The third-order valence-electron chi connectivity index (χ3n) is 4.08. The molecule has 0 aliphatic carbocycles. The van der Waals surface area contributed by atoms with Crippen molar-refractivity contribution in [3.05, 3.63) is 46.3 Å². The molecule has 0 saturated heterocycles. The average Bonchev–Trinajstić information content (AvgIpc) is 2.93. The van der Waals surface area contributed by atoms with Gasteiger partial charge in [-0.1, -0.05) is 43.6 Å². The molecule has 2 heterocycles. The third-order valence-corrected chi connectivity index (χ3v) is 4.99. The normalized spacial score (nSPS) is 12.1. The molecule has 0 bridgehead atoms. The first kappa shape index (κ1) is 19.1. The van der Waals surface area contributed by atoms with E-state index in [1.807, 2.05) is 34.9 Å². The second-order valence-corrected chi connectivity index (χ2v) is 8.70. The highest BCUT2D eigenvalue weighted by Crippen LogP contribution is 2.30. The zero-order valence-electron chi connectivity index (χ0n) is 15.4. The van der Waals surface area contributed by atoms with Gasteiger partial charge < -0.3 is 10.2 Å². The number of hydrogen-bond donors (Lipinski definition) is 1. The maximum Gasteiger partial charge on any atom is 0.181 e. The maximum atomic E-state index is 6.38. The molecule has 5 nitrogen and oxygen atoms in total. The third kappa shape index (κ3) is 4.19. The highest BCUT2D eigenvalue weighted by atomic mass is 79.9. The molecule has 3 aromatic rings. The van der Waals surface area contributed by atoms with E-state index in [9.17, 15) is 0 Å². The van der Waals surface area contributed by atoms with Crippen molar-refractivity contribution in [2.24, 2.45) is 5.41 Å². The minimum absolute atomic E-state index is 0.0897. The highest BCUT2D eigenvalue weighted by molar-refractivity contribution is 9.10. The minimum Gasteiger partial charge on any atom is -0.366 e. The zero-order valence-corrected chi connectivity index (χ0v) is 17.8. The first-order valence-electron chi connectivity index (χ1n) is 8.44. The summed E-state index contributed by atoms with van der Waals surface area (Å²) in [5.41, 5.74) is 2.57. The number of benzene rings is 1. The van der Waals surface area contributed by atoms with E-state index in [0.717, 1.165) is 40.4 Å². The second kappa shape index (κ2) is 7.55. The number of nitrogens with zero attached hydrogens (tertiary/aromatic N) is 4. The van der Waals surface area contributed by atoms with Crippen molar-refractivity contribution < 1.29 is 0 Å². The number of imidazole rings is 1. The fourth-order valence-electron chi connectivity index (χ4n) is 3.11. The molecular formula is C19H23BrClN5. The topological polar surface area (TPSA) is 45.5 Å². The van der Waals surface area contributed by atoms with Gasteiger partial charge in [-0.25, -0.2) is 9.97 Å². The van der Waals surface area contributed by atoms with Gasteiger partial charge in [0.2, 0.25) is 0 Å². The van der Waals surface area contributed by atoms with Gasteiger partial charge in [0, 0.05) is 24.8 Å². The van der Waals surface area contributed by atoms with Crippen LogP contribution in [0.4, 0.5) is 5.82 Å². The summed E-state index contributed by atoms with van der Waals surface area (Å²) in [6, 6.07) is 7.73. The quantitative estimate of drug-likeness (QED) is 0.602. The van der Waals surface area contributed by atoms with Crippen LogP contribution in [0.3, 0.4) is 0 Å². The van der Waals surface area contributed by atoms with Gasteiger partial charge >= 0.3 is 0 Å². The largest absolute Gasteiger partial charge is 0.366 e. The molecule has 0 amide bonds. The smallest absolute Gasteiger partial charge is 0.181 e. The Bertz CT molecular complexity index is 919. The molecule has 7 heteroatoms. The van der Waals surface area contributed by atoms with Gasteiger partial charge in [-0.2, -0.15) is 0 Å². The molecule has 0 fully saturated rings. The summed E-state index contributed by atoms with van der Waals surface area (Å²) < 4.78 is 2.85. The van der Waals surface area contributed by atoms with Crippen molar-refractivity contribution in [3.63, 3.8) is 0 Å². The van der Waals surface area contributed by atoms with Crippen LogP contribution in [0.15, 0.2) is 41.3 Å². The summed E-state index contributed by atoms with van der Waals surface area (Å²) in [5.74, 6) is 0.750. The van der Waals surface area contributed by atoms with Gasteiger partial charge in [0.05, 0.1) is 16.9 Å². The number of halogens is 2. The van der Waals surface area contributed by atoms with E-state index >= 15 is 0 Å². The summed E-state index contributed by atoms with van der Waals surface area (Å²) in [6.07, 6.45) is 3.73. The molecule has 1 aromatic carbocycles. The Kier molecular flexibility index (Phi) is 5.55. The standard InChI is InChI=1S/C19H23BrClN5/c1-19(2,12-25(3)4)11-23-17-18-22-9-16(20)26(18)10-15(24-17)13-7-5-6-8-14(13)21/h5-10H,11-12H2,1-4H3,(H,23,24). The van der Waals surface area contributed by atoms with Crippen LogP contribution < -0.4 is 5.32 Å². The SMILES string of the molecule is CN(C)CC(C)(C)CNc1nc(-c2ccccc2Cl)cn2c(Br)cnc12. The predicted octanol–water partition coefficient (Wildman–Crippen LogP) is 4.81. The Morgan fingerprint density at radius 3 is 2.69 bits per heavy atom. The molecule has 138 valence electrons. The van der Waals surface area contributed by atoms with Crippen LogP contribution in [0.2, 0.25) is 5.02 Å². The number of fused-ring (bicyclic) bond motifs is 1. The van der Waals surface area contributed by atoms with Crippen molar-refractivity contribution in [1.29, 1.82) is 0 Å². The number of anilines is 1. The van der Waals surface area contributed by atoms with Crippen LogP contribution in [-0.4, -0.2) is 46.5 Å². The van der Waals surface area contributed by atoms with Gasteiger partial charge in [-0.05, 0) is 41.5 Å². The van der Waals surface area contributed by atoms with Crippen LogP contribution in [0, 0.1) is 5.41 Å². The molecule has 0 spiro atoms. The summed E-state index contributed by atoms with van der Waals surface area (Å²) in [6.45, 7) is 6.22. The molecule has 0 saturated carbocycles. The summed E-state index contributed by atoms with van der Waals surface area (Å²) in [4.78, 5) is 11.5. The van der Waals surface area contributed by atoms with Crippen LogP contribution >= 0.6 is 27.5 Å².